The van der Waals surface area contributed by atoms with E-state index in [1.165, 1.54) is 57.8 Å². The predicted molar refractivity (Wildman–Crippen MR) is 125 cm³/mol. The van der Waals surface area contributed by atoms with Gasteiger partial charge in [-0.1, -0.05) is 34.6 Å². The molecule has 8 unspecified atom stereocenters. The molecule has 0 bridgehead atoms. The second-order valence-electron chi connectivity index (χ2n) is 11.4. The van der Waals surface area contributed by atoms with Gasteiger partial charge in [-0.05, 0) is 125 Å². The van der Waals surface area contributed by atoms with E-state index in [1.807, 2.05) is 27.7 Å². The molecule has 172 valence electrons. The summed E-state index contributed by atoms with van der Waals surface area (Å²) in [5, 5.41) is 20.1. The first-order chi connectivity index (χ1) is 13.3. The van der Waals surface area contributed by atoms with Crippen molar-refractivity contribution in [2.75, 3.05) is 0 Å². The molecule has 0 aromatic rings. The normalized spacial score (nSPS) is 43.8. The van der Waals surface area contributed by atoms with E-state index in [0.29, 0.717) is 5.41 Å². The highest BCUT2D eigenvalue weighted by Crippen LogP contribution is 2.64. The van der Waals surface area contributed by atoms with E-state index in [4.69, 9.17) is 0 Å². The monoisotopic (exact) mass is 408 g/mol. The number of aliphatic hydroxyl groups excluding tert-OH is 1. The number of aliphatic hydroxyl groups is 2. The third kappa shape index (κ3) is 5.22. The number of fused-ring (bicyclic) bond motifs is 5. The van der Waals surface area contributed by atoms with Crippen molar-refractivity contribution in [2.24, 2.45) is 40.9 Å². The standard InChI is InChI=1S/C24H42O2.C2H6.CH4/c1-23(2,26)13-4-5-17-7-11-22-21-9-6-16-15-18(25)8-10-19(16)20(21)12-14-24(17,22)3;1-2;/h16-22,25-26H,4-15H2,1-3H3;1-2H3;1H4. The molecule has 4 aliphatic carbocycles. The smallest absolute Gasteiger partial charge is 0.0591 e. The van der Waals surface area contributed by atoms with Crippen molar-refractivity contribution in [3.8, 4) is 0 Å². The van der Waals surface area contributed by atoms with Gasteiger partial charge in [-0.25, -0.2) is 0 Å². The molecular weight excluding hydrogens is 356 g/mol. The molecule has 0 heterocycles. The van der Waals surface area contributed by atoms with Crippen LogP contribution >= 0.6 is 0 Å². The van der Waals surface area contributed by atoms with Crippen molar-refractivity contribution in [3.05, 3.63) is 0 Å². The van der Waals surface area contributed by atoms with E-state index in [1.54, 1.807) is 0 Å². The van der Waals surface area contributed by atoms with Crippen LogP contribution in [0.2, 0.25) is 0 Å². The summed E-state index contributed by atoms with van der Waals surface area (Å²) >= 11 is 0. The van der Waals surface area contributed by atoms with Crippen LogP contribution in [0.25, 0.3) is 0 Å². The highest BCUT2D eigenvalue weighted by atomic mass is 16.3. The van der Waals surface area contributed by atoms with Crippen LogP contribution < -0.4 is 0 Å². The van der Waals surface area contributed by atoms with Gasteiger partial charge in [-0.3, -0.25) is 0 Å². The van der Waals surface area contributed by atoms with Crippen molar-refractivity contribution in [1.29, 1.82) is 0 Å². The molecule has 8 atom stereocenters. The van der Waals surface area contributed by atoms with Gasteiger partial charge in [0.2, 0.25) is 0 Å². The Balaban J connectivity index is 0.000000970. The Labute approximate surface area is 182 Å². The first-order valence-corrected chi connectivity index (χ1v) is 12.7. The highest BCUT2D eigenvalue weighted by molar-refractivity contribution is 5.06. The molecule has 29 heavy (non-hydrogen) atoms. The maximum Gasteiger partial charge on any atom is 0.0591 e. The summed E-state index contributed by atoms with van der Waals surface area (Å²) < 4.78 is 0. The largest absolute Gasteiger partial charge is 0.393 e. The van der Waals surface area contributed by atoms with Crippen LogP contribution in [0.1, 0.15) is 119 Å². The molecule has 0 saturated heterocycles. The van der Waals surface area contributed by atoms with Crippen molar-refractivity contribution in [2.45, 2.75) is 131 Å². The van der Waals surface area contributed by atoms with Gasteiger partial charge < -0.3 is 10.2 Å². The van der Waals surface area contributed by atoms with Crippen LogP contribution in [0.3, 0.4) is 0 Å². The third-order valence-corrected chi connectivity index (χ3v) is 9.46. The summed E-state index contributed by atoms with van der Waals surface area (Å²) in [6.07, 6.45) is 15.5. The molecule has 2 heteroatoms. The molecule has 4 saturated carbocycles. The molecule has 2 N–H and O–H groups in total. The fraction of sp³-hybridized carbons (Fsp3) is 1.00. The first-order valence-electron chi connectivity index (χ1n) is 12.7. The lowest BCUT2D eigenvalue weighted by atomic mass is 9.49. The van der Waals surface area contributed by atoms with Gasteiger partial charge in [0.1, 0.15) is 0 Å². The SMILES string of the molecule is C.CC.CC(C)(O)CCCC1CCC2C3CCC4CC(O)CCC4C3CCC12C. The van der Waals surface area contributed by atoms with Crippen LogP contribution in [0.15, 0.2) is 0 Å². The van der Waals surface area contributed by atoms with E-state index < -0.39 is 5.60 Å². The molecule has 0 amide bonds. The van der Waals surface area contributed by atoms with Gasteiger partial charge in [0, 0.05) is 0 Å². The molecular formula is C27H52O2. The zero-order chi connectivity index (χ0) is 20.5. The van der Waals surface area contributed by atoms with Crippen LogP contribution in [0.4, 0.5) is 0 Å². The lowest BCUT2D eigenvalue weighted by Gasteiger charge is -2.56. The Bertz CT molecular complexity index is 495. The second kappa shape index (κ2) is 10.0. The molecule has 4 aliphatic rings. The maximum atomic E-state index is 10.1. The summed E-state index contributed by atoms with van der Waals surface area (Å²) in [6, 6.07) is 0. The lowest BCUT2D eigenvalue weighted by Crippen LogP contribution is -2.49. The van der Waals surface area contributed by atoms with Crippen molar-refractivity contribution < 1.29 is 10.2 Å². The fourth-order valence-corrected chi connectivity index (χ4v) is 8.19. The molecule has 0 aromatic carbocycles. The van der Waals surface area contributed by atoms with E-state index in [2.05, 4.69) is 6.92 Å². The van der Waals surface area contributed by atoms with Gasteiger partial charge in [-0.2, -0.15) is 0 Å². The molecule has 4 fully saturated rings. The zero-order valence-electron chi connectivity index (χ0n) is 19.4. The molecule has 2 nitrogen and oxygen atoms in total. The van der Waals surface area contributed by atoms with Crippen molar-refractivity contribution in [3.63, 3.8) is 0 Å². The maximum absolute atomic E-state index is 10.1. The zero-order valence-corrected chi connectivity index (χ0v) is 19.4. The minimum absolute atomic E-state index is 0. The Morgan fingerprint density at radius 1 is 0.897 bits per heavy atom. The minimum Gasteiger partial charge on any atom is -0.393 e. The molecule has 0 radical (unpaired) electrons. The van der Waals surface area contributed by atoms with Gasteiger partial charge in [-0.15, -0.1) is 0 Å². The Kier molecular flexibility index (Phi) is 8.71. The first kappa shape index (κ1) is 25.2. The highest BCUT2D eigenvalue weighted by Gasteiger charge is 2.56. The summed E-state index contributed by atoms with van der Waals surface area (Å²) in [7, 11) is 0. The molecule has 0 spiro atoms. The van der Waals surface area contributed by atoms with Gasteiger partial charge >= 0.3 is 0 Å². The van der Waals surface area contributed by atoms with Crippen LogP contribution in [0, 0.1) is 40.9 Å². The van der Waals surface area contributed by atoms with E-state index >= 15 is 0 Å². The van der Waals surface area contributed by atoms with E-state index in [0.717, 1.165) is 54.8 Å². The average Bonchev–Trinajstić information content (AvgIpc) is 2.98. The number of hydrogen-bond donors (Lipinski definition) is 2. The second-order valence-corrected chi connectivity index (χ2v) is 11.4. The Morgan fingerprint density at radius 3 is 2.28 bits per heavy atom. The quantitative estimate of drug-likeness (QED) is 0.515. The Hall–Kier alpha value is -0.0800. The predicted octanol–water partition coefficient (Wildman–Crippen LogP) is 7.22. The Morgan fingerprint density at radius 2 is 1.59 bits per heavy atom. The van der Waals surface area contributed by atoms with Gasteiger partial charge in [0.25, 0.3) is 0 Å². The lowest BCUT2D eigenvalue weighted by molar-refractivity contribution is -0.0781. The third-order valence-electron chi connectivity index (χ3n) is 9.46. The van der Waals surface area contributed by atoms with E-state index in [-0.39, 0.29) is 13.5 Å². The van der Waals surface area contributed by atoms with Gasteiger partial charge in [0.15, 0.2) is 0 Å². The van der Waals surface area contributed by atoms with Crippen LogP contribution in [0.5, 0.6) is 0 Å². The topological polar surface area (TPSA) is 40.5 Å². The number of rotatable bonds is 4. The molecule has 0 aliphatic heterocycles. The molecule has 4 rings (SSSR count). The number of hydrogen-bond acceptors (Lipinski definition) is 2. The fourth-order valence-electron chi connectivity index (χ4n) is 8.19. The summed E-state index contributed by atoms with van der Waals surface area (Å²) in [5.41, 5.74) is 0.0717. The average molecular weight is 409 g/mol. The van der Waals surface area contributed by atoms with Crippen LogP contribution in [-0.4, -0.2) is 21.9 Å². The van der Waals surface area contributed by atoms with Crippen LogP contribution in [-0.2, 0) is 0 Å². The van der Waals surface area contributed by atoms with Gasteiger partial charge in [0.05, 0.1) is 11.7 Å². The summed E-state index contributed by atoms with van der Waals surface area (Å²) in [6.45, 7) is 10.5. The summed E-state index contributed by atoms with van der Waals surface area (Å²) in [5.74, 6) is 5.55. The van der Waals surface area contributed by atoms with E-state index in [9.17, 15) is 10.2 Å². The van der Waals surface area contributed by atoms with Crippen molar-refractivity contribution >= 4 is 0 Å². The minimum atomic E-state index is -0.500. The van der Waals surface area contributed by atoms with Crippen molar-refractivity contribution in [1.82, 2.24) is 0 Å². The molecule has 0 aromatic heterocycles. The summed E-state index contributed by atoms with van der Waals surface area (Å²) in [4.78, 5) is 0.